The highest BCUT2D eigenvalue weighted by Crippen LogP contribution is 2.17. The van der Waals surface area contributed by atoms with Gasteiger partial charge >= 0.3 is 6.09 Å². The highest BCUT2D eigenvalue weighted by atomic mass is 127. The van der Waals surface area contributed by atoms with Crippen molar-refractivity contribution in [3.05, 3.63) is 0 Å². The minimum absolute atomic E-state index is 0. The van der Waals surface area contributed by atoms with E-state index in [4.69, 9.17) is 4.74 Å². The van der Waals surface area contributed by atoms with Crippen molar-refractivity contribution >= 4 is 36.0 Å². The molecule has 20 heavy (non-hydrogen) atoms. The maximum atomic E-state index is 12.0. The molecule has 0 bridgehead atoms. The average Bonchev–Trinajstić information content (AvgIpc) is 2.77. The molecule has 1 N–H and O–H groups in total. The molecule has 1 atom stereocenters. The molecule has 0 radical (unpaired) electrons. The van der Waals surface area contributed by atoms with Crippen LogP contribution in [0.25, 0.3) is 0 Å². The van der Waals surface area contributed by atoms with Crippen LogP contribution in [0.4, 0.5) is 4.79 Å². The number of carbonyl (C=O) groups is 1. The van der Waals surface area contributed by atoms with Crippen LogP contribution in [-0.2, 0) is 4.74 Å². The monoisotopic (exact) mass is 398 g/mol. The van der Waals surface area contributed by atoms with Gasteiger partial charge < -0.3 is 19.9 Å². The van der Waals surface area contributed by atoms with Gasteiger partial charge in [-0.05, 0) is 27.2 Å². The Morgan fingerprint density at radius 3 is 2.50 bits per heavy atom. The molecule has 0 saturated carbocycles. The van der Waals surface area contributed by atoms with E-state index in [1.165, 1.54) is 0 Å². The van der Waals surface area contributed by atoms with E-state index in [0.717, 1.165) is 25.5 Å². The Morgan fingerprint density at radius 2 is 2.05 bits per heavy atom. The van der Waals surface area contributed by atoms with Gasteiger partial charge in [0.05, 0.1) is 6.04 Å². The molecule has 0 aromatic carbocycles. The van der Waals surface area contributed by atoms with Gasteiger partial charge in [0, 0.05) is 34.2 Å². The van der Waals surface area contributed by atoms with Gasteiger partial charge in [-0.3, -0.25) is 4.99 Å². The summed E-state index contributed by atoms with van der Waals surface area (Å²) in [5.41, 5.74) is -0.454. The van der Waals surface area contributed by atoms with Crippen LogP contribution in [-0.4, -0.2) is 67.7 Å². The first-order valence-electron chi connectivity index (χ1n) is 6.63. The van der Waals surface area contributed by atoms with E-state index in [9.17, 15) is 4.79 Å². The molecule has 1 aliphatic heterocycles. The Morgan fingerprint density at radius 1 is 1.45 bits per heavy atom. The van der Waals surface area contributed by atoms with E-state index < -0.39 is 5.60 Å². The quantitative estimate of drug-likeness (QED) is 0.416. The lowest BCUT2D eigenvalue weighted by Crippen LogP contribution is -2.44. The number of nitrogens with zero attached hydrogens (tertiary/aromatic N) is 3. The number of nitrogens with one attached hydrogen (secondary N) is 1. The van der Waals surface area contributed by atoms with Crippen molar-refractivity contribution in [1.29, 1.82) is 0 Å². The maximum absolute atomic E-state index is 12.0. The molecular weight excluding hydrogens is 371 g/mol. The second-order valence-electron chi connectivity index (χ2n) is 5.78. The lowest BCUT2D eigenvalue weighted by Gasteiger charge is -2.28. The van der Waals surface area contributed by atoms with E-state index >= 15 is 0 Å². The molecular formula is C13H27IN4O2. The first-order valence-corrected chi connectivity index (χ1v) is 6.63. The van der Waals surface area contributed by atoms with Gasteiger partial charge in [0.15, 0.2) is 5.96 Å². The summed E-state index contributed by atoms with van der Waals surface area (Å²) < 4.78 is 5.38. The van der Waals surface area contributed by atoms with Crippen molar-refractivity contribution < 1.29 is 9.53 Å². The summed E-state index contributed by atoms with van der Waals surface area (Å²) in [6.45, 7) is 7.31. The molecule has 0 aromatic heterocycles. The number of hydrogen-bond donors (Lipinski definition) is 1. The minimum atomic E-state index is -0.454. The maximum Gasteiger partial charge on any atom is 0.410 e. The largest absolute Gasteiger partial charge is 0.444 e. The smallest absolute Gasteiger partial charge is 0.410 e. The van der Waals surface area contributed by atoms with Crippen molar-refractivity contribution in [2.24, 2.45) is 4.99 Å². The molecule has 1 amide bonds. The second-order valence-corrected chi connectivity index (χ2v) is 5.78. The molecule has 1 aliphatic rings. The standard InChI is InChI=1S/C13H26N4O2.HI/c1-13(2,3)19-12(18)16(6)10-7-8-17(9-10)11(14-4)15-5;/h10H,7-9H2,1-6H3,(H,14,15);1H. The Kier molecular flexibility index (Phi) is 7.61. The fourth-order valence-electron chi connectivity index (χ4n) is 2.14. The van der Waals surface area contributed by atoms with Crippen LogP contribution in [0.2, 0.25) is 0 Å². The number of ether oxygens (including phenoxy) is 1. The molecule has 1 rings (SSSR count). The number of carbonyl (C=O) groups excluding carboxylic acids is 1. The normalized spacial score (nSPS) is 19.4. The molecule has 0 spiro atoms. The lowest BCUT2D eigenvalue weighted by atomic mass is 10.2. The van der Waals surface area contributed by atoms with E-state index in [0.29, 0.717) is 0 Å². The molecule has 7 heteroatoms. The fourth-order valence-corrected chi connectivity index (χ4v) is 2.14. The van der Waals surface area contributed by atoms with Crippen LogP contribution in [0.1, 0.15) is 27.2 Å². The van der Waals surface area contributed by atoms with Crippen LogP contribution < -0.4 is 5.32 Å². The third-order valence-corrected chi connectivity index (χ3v) is 3.13. The first kappa shape index (κ1) is 19.3. The van der Waals surface area contributed by atoms with Crippen molar-refractivity contribution in [3.8, 4) is 0 Å². The number of rotatable bonds is 1. The highest BCUT2D eigenvalue weighted by molar-refractivity contribution is 14.0. The summed E-state index contributed by atoms with van der Waals surface area (Å²) in [5, 5.41) is 3.06. The Bertz CT molecular complexity index is 355. The summed E-state index contributed by atoms with van der Waals surface area (Å²) in [7, 11) is 5.41. The van der Waals surface area contributed by atoms with Gasteiger partial charge in [-0.2, -0.15) is 0 Å². The number of hydrogen-bond acceptors (Lipinski definition) is 3. The zero-order chi connectivity index (χ0) is 14.6. The van der Waals surface area contributed by atoms with E-state index in [2.05, 4.69) is 15.2 Å². The minimum Gasteiger partial charge on any atom is -0.444 e. The Labute approximate surface area is 138 Å². The van der Waals surface area contributed by atoms with Gasteiger partial charge in [0.25, 0.3) is 0 Å². The van der Waals surface area contributed by atoms with E-state index in [-0.39, 0.29) is 36.1 Å². The van der Waals surface area contributed by atoms with Gasteiger partial charge in [-0.1, -0.05) is 0 Å². The second kappa shape index (κ2) is 7.90. The third kappa shape index (κ3) is 5.34. The van der Waals surface area contributed by atoms with Crippen LogP contribution in [0, 0.1) is 0 Å². The molecule has 1 fully saturated rings. The highest BCUT2D eigenvalue weighted by Gasteiger charge is 2.31. The average molecular weight is 398 g/mol. The number of likely N-dealkylation sites (tertiary alicyclic amines) is 1. The molecule has 1 saturated heterocycles. The first-order chi connectivity index (χ1) is 8.78. The number of halogens is 1. The molecule has 118 valence electrons. The van der Waals surface area contributed by atoms with Crippen molar-refractivity contribution in [2.75, 3.05) is 34.2 Å². The molecule has 6 nitrogen and oxygen atoms in total. The van der Waals surface area contributed by atoms with Gasteiger partial charge in [-0.25, -0.2) is 4.79 Å². The number of likely N-dealkylation sites (N-methyl/N-ethyl adjacent to an activating group) is 1. The summed E-state index contributed by atoms with van der Waals surface area (Å²) in [6.07, 6.45) is 0.662. The Balaban J connectivity index is 0.00000361. The SMILES string of the molecule is CN=C(NC)N1CCC(N(C)C(=O)OC(C)(C)C)C1.I. The van der Waals surface area contributed by atoms with Gasteiger partial charge in [0.1, 0.15) is 5.60 Å². The van der Waals surface area contributed by atoms with Crippen LogP contribution >= 0.6 is 24.0 Å². The van der Waals surface area contributed by atoms with Crippen molar-refractivity contribution in [3.63, 3.8) is 0 Å². The topological polar surface area (TPSA) is 57.2 Å². The van der Waals surface area contributed by atoms with Gasteiger partial charge in [0.2, 0.25) is 0 Å². The zero-order valence-electron chi connectivity index (χ0n) is 13.3. The summed E-state index contributed by atoms with van der Waals surface area (Å²) in [6, 6.07) is 0.167. The molecule has 1 heterocycles. The predicted molar refractivity (Wildman–Crippen MR) is 91.8 cm³/mol. The van der Waals surface area contributed by atoms with Crippen LogP contribution in [0.15, 0.2) is 4.99 Å². The third-order valence-electron chi connectivity index (χ3n) is 3.13. The number of guanidine groups is 1. The van der Waals surface area contributed by atoms with Crippen molar-refractivity contribution in [2.45, 2.75) is 38.8 Å². The summed E-state index contributed by atoms with van der Waals surface area (Å²) in [4.78, 5) is 20.0. The fraction of sp³-hybridized carbons (Fsp3) is 0.846. The number of aliphatic imine (C=N–C) groups is 1. The zero-order valence-corrected chi connectivity index (χ0v) is 15.6. The van der Waals surface area contributed by atoms with Gasteiger partial charge in [-0.15, -0.1) is 24.0 Å². The Hall–Kier alpha value is -0.730. The predicted octanol–water partition coefficient (Wildman–Crippen LogP) is 1.75. The van der Waals surface area contributed by atoms with Crippen LogP contribution in [0.3, 0.4) is 0 Å². The lowest BCUT2D eigenvalue weighted by molar-refractivity contribution is 0.0232. The van der Waals surface area contributed by atoms with E-state index in [1.54, 1.807) is 19.0 Å². The summed E-state index contributed by atoms with van der Waals surface area (Å²) >= 11 is 0. The van der Waals surface area contributed by atoms with E-state index in [1.807, 2.05) is 27.8 Å². The summed E-state index contributed by atoms with van der Waals surface area (Å²) in [5.74, 6) is 0.861. The van der Waals surface area contributed by atoms with Crippen LogP contribution in [0.5, 0.6) is 0 Å². The molecule has 0 aromatic rings. The molecule has 0 aliphatic carbocycles. The number of amides is 1. The molecule has 1 unspecified atom stereocenters. The van der Waals surface area contributed by atoms with Crippen molar-refractivity contribution in [1.82, 2.24) is 15.1 Å².